The summed E-state index contributed by atoms with van der Waals surface area (Å²) >= 11 is 6.27. The summed E-state index contributed by atoms with van der Waals surface area (Å²) in [6.45, 7) is 13.6. The van der Waals surface area contributed by atoms with Crippen LogP contribution in [0.2, 0.25) is 5.28 Å². The fraction of sp³-hybridized carbons (Fsp3) is 0.0769. The molecule has 596 valence electrons. The molecule has 0 atom stereocenters. The fourth-order valence-corrected chi connectivity index (χ4v) is 19.0. The number of aromatic nitrogens is 7. The standard InChI is InChI=1S/C58H42N4.C33H27N.C26H17ClN2/c1-58(2,3)44-28-30-45(31-29-44)61-53-32-27-40-16-9-10-18-46(40)56(53)49-35-54-48(34-55(49)61)47-19-11-12-20-52(47)62(54)57-59-50(41-24-21-39(22-25-41)37-13-5-4-6-14-37)36-51(60-57)43-26-23-38-15-7-8-17-42(38)33-43;1-33(2,3)24-13-15-25(16-14-24)34-30-17-12-21-8-4-7-11-27(21)32(30)29-19-23-18-22-9-5-6-10-26(22)28(23)20-31(29)34;27-26-28-24(21-13-10-20(11-14-21)18-6-2-1-3-7-18)17-25(29-26)23-15-12-19-8-4-5-9-22(19)16-23/h4-36H,1-3H3;4-17,19-20H,18H2,1-3H3;1-17H. The lowest BCUT2D eigenvalue weighted by Crippen LogP contribution is -2.10. The minimum Gasteiger partial charge on any atom is -0.309 e. The molecule has 1 aliphatic carbocycles. The molecule has 0 aliphatic heterocycles. The van der Waals surface area contributed by atoms with E-state index in [1.54, 1.807) is 0 Å². The van der Waals surface area contributed by atoms with Crippen molar-refractivity contribution in [2.75, 3.05) is 0 Å². The average Bonchev–Trinajstić information content (AvgIpc) is 1.55. The maximum absolute atomic E-state index is 6.27. The summed E-state index contributed by atoms with van der Waals surface area (Å²) in [5, 5.41) is 17.5. The van der Waals surface area contributed by atoms with E-state index in [1.165, 1.54) is 148 Å². The van der Waals surface area contributed by atoms with E-state index in [1.807, 2.05) is 36.4 Å². The Labute approximate surface area is 731 Å². The number of nitrogens with zero attached hydrogens (tertiary/aromatic N) is 7. The van der Waals surface area contributed by atoms with Crippen LogP contribution in [0.15, 0.2) is 400 Å². The van der Waals surface area contributed by atoms with Crippen LogP contribution in [0.25, 0.3) is 204 Å². The predicted molar refractivity (Wildman–Crippen MR) is 527 cm³/mol. The van der Waals surface area contributed by atoms with Gasteiger partial charge in [0.1, 0.15) is 0 Å². The first-order valence-electron chi connectivity index (χ1n) is 43.0. The van der Waals surface area contributed by atoms with Crippen LogP contribution >= 0.6 is 11.6 Å². The van der Waals surface area contributed by atoms with E-state index >= 15 is 0 Å². The van der Waals surface area contributed by atoms with Crippen molar-refractivity contribution in [2.24, 2.45) is 0 Å². The van der Waals surface area contributed by atoms with Gasteiger partial charge >= 0.3 is 0 Å². The highest BCUT2D eigenvalue weighted by Gasteiger charge is 2.27. The highest BCUT2D eigenvalue weighted by Crippen LogP contribution is 2.47. The van der Waals surface area contributed by atoms with E-state index in [4.69, 9.17) is 21.6 Å². The quantitative estimate of drug-likeness (QED) is 0.135. The van der Waals surface area contributed by atoms with Crippen LogP contribution in [0.5, 0.6) is 0 Å². The largest absolute Gasteiger partial charge is 0.309 e. The lowest BCUT2D eigenvalue weighted by molar-refractivity contribution is 0.590. The topological polar surface area (TPSA) is 66.3 Å². The number of benzene rings is 18. The monoisotopic (exact) mass is 1620 g/mol. The molecule has 1 aliphatic rings. The Balaban J connectivity index is 0.000000123. The van der Waals surface area contributed by atoms with Crippen molar-refractivity contribution < 1.29 is 0 Å². The fourth-order valence-electron chi connectivity index (χ4n) is 18.8. The van der Waals surface area contributed by atoms with Gasteiger partial charge in [0.15, 0.2) is 0 Å². The Morgan fingerprint density at radius 3 is 1.13 bits per heavy atom. The van der Waals surface area contributed by atoms with Gasteiger partial charge in [-0.3, -0.25) is 4.57 Å². The number of hydrogen-bond donors (Lipinski definition) is 0. The summed E-state index contributed by atoms with van der Waals surface area (Å²) < 4.78 is 7.19. The Morgan fingerprint density at radius 1 is 0.232 bits per heavy atom. The molecule has 7 nitrogen and oxygen atoms in total. The van der Waals surface area contributed by atoms with Crippen molar-refractivity contribution in [3.8, 4) is 95.7 Å². The van der Waals surface area contributed by atoms with Gasteiger partial charge in [-0.05, 0) is 219 Å². The van der Waals surface area contributed by atoms with E-state index in [2.05, 4.69) is 429 Å². The van der Waals surface area contributed by atoms with Gasteiger partial charge < -0.3 is 9.13 Å². The third-order valence-corrected chi connectivity index (χ3v) is 25.4. The predicted octanol–water partition coefficient (Wildman–Crippen LogP) is 31.4. The minimum atomic E-state index is 0.0582. The zero-order chi connectivity index (χ0) is 84.2. The van der Waals surface area contributed by atoms with E-state index in [0.717, 1.165) is 78.9 Å². The second-order valence-electron chi connectivity index (χ2n) is 35.1. The Morgan fingerprint density at radius 2 is 0.608 bits per heavy atom. The van der Waals surface area contributed by atoms with Crippen molar-refractivity contribution in [1.82, 2.24) is 33.6 Å². The summed E-state index contributed by atoms with van der Waals surface area (Å²) in [4.78, 5) is 19.8. The molecule has 0 N–H and O–H groups in total. The summed E-state index contributed by atoms with van der Waals surface area (Å²) in [6.07, 6.45) is 1.01. The molecule has 5 heterocycles. The Kier molecular flexibility index (Phi) is 18.7. The Bertz CT molecular complexity index is 8170. The van der Waals surface area contributed by atoms with Crippen molar-refractivity contribution in [3.05, 3.63) is 428 Å². The molecule has 0 unspecified atom stereocenters. The smallest absolute Gasteiger partial charge is 0.235 e. The first kappa shape index (κ1) is 76.0. The van der Waals surface area contributed by atoms with Gasteiger partial charge in [0.25, 0.3) is 0 Å². The van der Waals surface area contributed by atoms with Gasteiger partial charge in [0.05, 0.1) is 55.9 Å². The number of halogens is 1. The number of fused-ring (bicyclic) bond motifs is 18. The molecule has 125 heavy (non-hydrogen) atoms. The molecule has 18 aromatic carbocycles. The highest BCUT2D eigenvalue weighted by molar-refractivity contribution is 6.29. The van der Waals surface area contributed by atoms with Crippen LogP contribution in [0.4, 0.5) is 0 Å². The van der Waals surface area contributed by atoms with Crippen LogP contribution in [-0.4, -0.2) is 33.6 Å². The van der Waals surface area contributed by atoms with Gasteiger partial charge in [-0.15, -0.1) is 0 Å². The van der Waals surface area contributed by atoms with E-state index in [-0.39, 0.29) is 16.1 Å². The normalized spacial score (nSPS) is 12.1. The van der Waals surface area contributed by atoms with Crippen LogP contribution in [0.1, 0.15) is 63.8 Å². The SMILES string of the molecule is CC(C)(C)c1ccc(-n2c3cc4c(cc3c3c5ccccc5ccc32)Cc2ccccc2-4)cc1.CC(C)(C)c1ccc(-n2c3cc4c5ccccc5n(-c5nc(-c6ccc(-c7ccccc7)cc6)cc(-c6ccc7ccccc7c6)n5)c4cc3c3c4ccccc4ccc32)cc1.Clc1nc(-c2ccc(-c3ccccc3)cc2)cc(-c2ccc3ccccc3c2)n1. The molecule has 0 bridgehead atoms. The molecule has 0 saturated heterocycles. The van der Waals surface area contributed by atoms with E-state index < -0.39 is 0 Å². The lowest BCUT2D eigenvalue weighted by atomic mass is 9.87. The number of hydrogen-bond acceptors (Lipinski definition) is 4. The number of rotatable bonds is 9. The molecular weight excluding hydrogens is 1540 g/mol. The van der Waals surface area contributed by atoms with Gasteiger partial charge in [-0.2, -0.15) is 0 Å². The first-order valence-corrected chi connectivity index (χ1v) is 43.4. The second-order valence-corrected chi connectivity index (χ2v) is 35.4. The van der Waals surface area contributed by atoms with Crippen molar-refractivity contribution in [3.63, 3.8) is 0 Å². The summed E-state index contributed by atoms with van der Waals surface area (Å²) in [5.41, 5.74) is 30.1. The van der Waals surface area contributed by atoms with Gasteiger partial charge in [-0.1, -0.05) is 351 Å². The maximum Gasteiger partial charge on any atom is 0.235 e. The van der Waals surface area contributed by atoms with Crippen molar-refractivity contribution >= 4 is 120 Å². The minimum absolute atomic E-state index is 0.0582. The zero-order valence-corrected chi connectivity index (χ0v) is 71.1. The molecular formula is C117H86ClN7. The molecule has 0 amide bonds. The van der Waals surface area contributed by atoms with Crippen LogP contribution in [-0.2, 0) is 17.3 Å². The van der Waals surface area contributed by atoms with Gasteiger partial charge in [0, 0.05) is 65.9 Å². The third-order valence-electron chi connectivity index (χ3n) is 25.3. The molecule has 0 saturated carbocycles. The van der Waals surface area contributed by atoms with Crippen LogP contribution in [0.3, 0.4) is 0 Å². The van der Waals surface area contributed by atoms with E-state index in [9.17, 15) is 0 Å². The molecule has 8 heteroatoms. The third kappa shape index (κ3) is 13.9. The molecule has 0 fully saturated rings. The Hall–Kier alpha value is -15.2. The molecule has 5 aromatic heterocycles. The molecule has 0 radical (unpaired) electrons. The molecule has 23 aromatic rings. The van der Waals surface area contributed by atoms with E-state index in [0.29, 0.717) is 5.95 Å². The summed E-state index contributed by atoms with van der Waals surface area (Å²) in [5.74, 6) is 0.634. The molecule has 0 spiro atoms. The molecule has 24 rings (SSSR count). The van der Waals surface area contributed by atoms with Crippen LogP contribution in [0, 0.1) is 0 Å². The van der Waals surface area contributed by atoms with Gasteiger partial charge in [0.2, 0.25) is 11.2 Å². The average molecular weight is 1630 g/mol. The second kappa shape index (κ2) is 30.8. The number of para-hydroxylation sites is 1. The lowest BCUT2D eigenvalue weighted by Gasteiger charge is -2.19. The van der Waals surface area contributed by atoms with Crippen LogP contribution < -0.4 is 0 Å². The van der Waals surface area contributed by atoms with Crippen molar-refractivity contribution in [1.29, 1.82) is 0 Å². The first-order chi connectivity index (χ1) is 61.1. The van der Waals surface area contributed by atoms with Gasteiger partial charge in [-0.25, -0.2) is 19.9 Å². The summed E-state index contributed by atoms with van der Waals surface area (Å²) in [6, 6.07) is 144. The highest BCUT2D eigenvalue weighted by atomic mass is 35.5. The zero-order valence-electron chi connectivity index (χ0n) is 70.3. The van der Waals surface area contributed by atoms with Crippen molar-refractivity contribution in [2.45, 2.75) is 58.8 Å². The summed E-state index contributed by atoms with van der Waals surface area (Å²) in [7, 11) is 0. The maximum atomic E-state index is 6.27.